The average molecular weight is 475 g/mol. The topological polar surface area (TPSA) is 84.2 Å². The molecule has 0 aliphatic heterocycles. The van der Waals surface area contributed by atoms with Crippen molar-refractivity contribution >= 4 is 27.8 Å². The van der Waals surface area contributed by atoms with E-state index in [2.05, 4.69) is 14.8 Å². The molecule has 3 rings (SSSR count). The van der Waals surface area contributed by atoms with E-state index >= 15 is 0 Å². The van der Waals surface area contributed by atoms with Gasteiger partial charge < -0.3 is 18.9 Å². The number of carbonyl (C=O) groups is 1. The summed E-state index contributed by atoms with van der Waals surface area (Å²) < 4.78 is 71.0. The number of hydrogen-bond acceptors (Lipinski definition) is 8. The third-order valence-corrected chi connectivity index (χ3v) is 5.25. The standard InChI is InChI=1S/C19H17F4N3O5S/c1-10-14(13(9-28-2)15(27)29-3)32-18-24-17(25-26(10)18)30-8-11-4-6-12(7-5-11)31-19(22,23)16(20)21/h4-7,9,16H,8H2,1-3H3/b13-9-. The quantitative estimate of drug-likeness (QED) is 0.200. The van der Waals surface area contributed by atoms with Crippen LogP contribution in [-0.4, -0.2) is 47.3 Å². The van der Waals surface area contributed by atoms with Crippen molar-refractivity contribution in [3.8, 4) is 11.8 Å². The summed E-state index contributed by atoms with van der Waals surface area (Å²) in [7, 11) is 2.66. The van der Waals surface area contributed by atoms with Gasteiger partial charge in [0.05, 0.1) is 31.1 Å². The molecule has 32 heavy (non-hydrogen) atoms. The molecule has 172 valence electrons. The molecule has 2 aromatic heterocycles. The number of alkyl halides is 4. The molecular formula is C19H17F4N3O5S. The van der Waals surface area contributed by atoms with E-state index in [1.165, 1.54) is 48.5 Å². The van der Waals surface area contributed by atoms with Crippen LogP contribution in [0.4, 0.5) is 17.6 Å². The van der Waals surface area contributed by atoms with E-state index in [4.69, 9.17) is 14.2 Å². The predicted octanol–water partition coefficient (Wildman–Crippen LogP) is 4.08. The van der Waals surface area contributed by atoms with Crippen molar-refractivity contribution in [2.45, 2.75) is 26.1 Å². The molecular weight excluding hydrogens is 458 g/mol. The van der Waals surface area contributed by atoms with Gasteiger partial charge in [0.1, 0.15) is 17.9 Å². The maximum atomic E-state index is 12.9. The van der Waals surface area contributed by atoms with E-state index < -0.39 is 24.3 Å². The summed E-state index contributed by atoms with van der Waals surface area (Å²) in [5, 5.41) is 4.23. The van der Waals surface area contributed by atoms with Crippen molar-refractivity contribution in [3.63, 3.8) is 0 Å². The van der Waals surface area contributed by atoms with Gasteiger partial charge in [0.25, 0.3) is 0 Å². The zero-order valence-corrected chi connectivity index (χ0v) is 17.8. The first-order chi connectivity index (χ1) is 15.2. The second-order valence-corrected chi connectivity index (χ2v) is 7.24. The lowest BCUT2D eigenvalue weighted by Crippen LogP contribution is -2.33. The molecule has 3 aromatic rings. The lowest BCUT2D eigenvalue weighted by atomic mass is 10.2. The van der Waals surface area contributed by atoms with Crippen molar-refractivity contribution in [3.05, 3.63) is 46.7 Å². The second-order valence-electron chi connectivity index (χ2n) is 6.26. The van der Waals surface area contributed by atoms with Crippen molar-refractivity contribution in [1.29, 1.82) is 0 Å². The molecule has 0 N–H and O–H groups in total. The van der Waals surface area contributed by atoms with E-state index in [0.29, 0.717) is 21.1 Å². The molecule has 0 radical (unpaired) electrons. The van der Waals surface area contributed by atoms with Gasteiger partial charge in [-0.2, -0.15) is 22.5 Å². The number of aromatic nitrogens is 3. The van der Waals surface area contributed by atoms with Crippen LogP contribution < -0.4 is 9.47 Å². The van der Waals surface area contributed by atoms with Gasteiger partial charge >= 0.3 is 24.5 Å². The van der Waals surface area contributed by atoms with Crippen molar-refractivity contribution in [1.82, 2.24) is 14.6 Å². The molecule has 0 aliphatic carbocycles. The summed E-state index contributed by atoms with van der Waals surface area (Å²) in [4.78, 5) is 17.3. The van der Waals surface area contributed by atoms with E-state index in [9.17, 15) is 22.4 Å². The molecule has 0 amide bonds. The third-order valence-electron chi connectivity index (χ3n) is 4.08. The average Bonchev–Trinajstić information content (AvgIpc) is 3.29. The Labute approximate surface area is 183 Å². The Morgan fingerprint density at radius 2 is 1.94 bits per heavy atom. The molecule has 0 spiro atoms. The van der Waals surface area contributed by atoms with Gasteiger partial charge in [-0.3, -0.25) is 0 Å². The number of halogens is 4. The molecule has 0 atom stereocenters. The van der Waals surface area contributed by atoms with Crippen molar-refractivity contribution in [2.75, 3.05) is 14.2 Å². The first-order valence-corrected chi connectivity index (χ1v) is 9.72. The van der Waals surface area contributed by atoms with E-state index in [-0.39, 0.29) is 18.2 Å². The number of aryl methyl sites for hydroxylation is 1. The second kappa shape index (κ2) is 9.42. The minimum absolute atomic E-state index is 0.00769. The first-order valence-electron chi connectivity index (χ1n) is 8.90. The number of rotatable bonds is 9. The highest BCUT2D eigenvalue weighted by Crippen LogP contribution is 2.31. The van der Waals surface area contributed by atoms with Crippen LogP contribution in [0.15, 0.2) is 30.5 Å². The highest BCUT2D eigenvalue weighted by molar-refractivity contribution is 7.18. The molecule has 0 fully saturated rings. The van der Waals surface area contributed by atoms with Crippen LogP contribution in [0.25, 0.3) is 10.5 Å². The predicted molar refractivity (Wildman–Crippen MR) is 105 cm³/mol. The van der Waals surface area contributed by atoms with Crippen LogP contribution in [-0.2, 0) is 20.9 Å². The normalized spacial score (nSPS) is 12.3. The van der Waals surface area contributed by atoms with Crippen LogP contribution in [0.2, 0.25) is 0 Å². The highest BCUT2D eigenvalue weighted by Gasteiger charge is 2.43. The maximum Gasteiger partial charge on any atom is 0.461 e. The molecule has 13 heteroatoms. The maximum absolute atomic E-state index is 12.9. The van der Waals surface area contributed by atoms with Crippen LogP contribution in [0.1, 0.15) is 16.1 Å². The number of fused-ring (bicyclic) bond motifs is 1. The van der Waals surface area contributed by atoms with Gasteiger partial charge in [0.2, 0.25) is 4.96 Å². The zero-order valence-electron chi connectivity index (χ0n) is 17.0. The fourth-order valence-corrected chi connectivity index (χ4v) is 3.61. The Morgan fingerprint density at radius 3 is 2.50 bits per heavy atom. The van der Waals surface area contributed by atoms with Gasteiger partial charge in [0, 0.05) is 0 Å². The molecule has 2 heterocycles. The lowest BCUT2D eigenvalue weighted by molar-refractivity contribution is -0.253. The third kappa shape index (κ3) is 4.93. The summed E-state index contributed by atoms with van der Waals surface area (Å²) in [6.45, 7) is 1.73. The van der Waals surface area contributed by atoms with Gasteiger partial charge in [-0.25, -0.2) is 9.31 Å². The Bertz CT molecular complexity index is 1130. The number of ether oxygens (including phenoxy) is 4. The molecule has 8 nitrogen and oxygen atoms in total. The molecule has 1 aromatic carbocycles. The Hall–Kier alpha value is -3.35. The highest BCUT2D eigenvalue weighted by atomic mass is 32.1. The number of methoxy groups -OCH3 is 2. The molecule has 0 saturated heterocycles. The fraction of sp³-hybridized carbons (Fsp3) is 0.316. The molecule has 0 saturated carbocycles. The zero-order chi connectivity index (χ0) is 23.5. The minimum Gasteiger partial charge on any atom is -0.503 e. The molecule has 0 unspecified atom stereocenters. The van der Waals surface area contributed by atoms with Gasteiger partial charge in [-0.1, -0.05) is 23.5 Å². The van der Waals surface area contributed by atoms with Gasteiger partial charge in [-0.05, 0) is 24.6 Å². The smallest absolute Gasteiger partial charge is 0.461 e. The van der Waals surface area contributed by atoms with E-state index in [0.717, 1.165) is 12.1 Å². The largest absolute Gasteiger partial charge is 0.503 e. The number of benzene rings is 1. The van der Waals surface area contributed by atoms with Crippen molar-refractivity contribution in [2.24, 2.45) is 0 Å². The first kappa shape index (κ1) is 23.3. The summed E-state index contributed by atoms with van der Waals surface area (Å²) in [6.07, 6.45) is -7.25. The summed E-state index contributed by atoms with van der Waals surface area (Å²) in [5.74, 6) is -0.983. The SMILES string of the molecule is CO/C=C(\C(=O)OC)c1sc2nc(OCc3ccc(OC(F)(F)C(F)F)cc3)nn2c1C. The van der Waals surface area contributed by atoms with E-state index in [1.54, 1.807) is 6.92 Å². The van der Waals surface area contributed by atoms with Gasteiger partial charge in [0.15, 0.2) is 0 Å². The minimum atomic E-state index is -4.58. The van der Waals surface area contributed by atoms with Crippen LogP contribution in [0.3, 0.4) is 0 Å². The number of thiazole rings is 1. The number of nitrogens with zero attached hydrogens (tertiary/aromatic N) is 3. The summed E-state index contributed by atoms with van der Waals surface area (Å²) in [6, 6.07) is 5.07. The van der Waals surface area contributed by atoms with Gasteiger partial charge in [-0.15, -0.1) is 5.10 Å². The summed E-state index contributed by atoms with van der Waals surface area (Å²) in [5.41, 5.74) is 1.37. The monoisotopic (exact) mass is 475 g/mol. The number of esters is 1. The Balaban J connectivity index is 1.70. The fourth-order valence-electron chi connectivity index (χ4n) is 2.56. The number of carbonyl (C=O) groups excluding carboxylic acids is 1. The van der Waals surface area contributed by atoms with Crippen LogP contribution in [0, 0.1) is 6.92 Å². The Kier molecular flexibility index (Phi) is 6.87. The van der Waals surface area contributed by atoms with E-state index in [1.807, 2.05) is 0 Å². The van der Waals surface area contributed by atoms with Crippen LogP contribution in [0.5, 0.6) is 11.8 Å². The summed E-state index contributed by atoms with van der Waals surface area (Å²) >= 11 is 1.18. The lowest BCUT2D eigenvalue weighted by Gasteiger charge is -2.16. The number of hydrogen-bond donors (Lipinski definition) is 0. The Morgan fingerprint density at radius 1 is 1.25 bits per heavy atom. The molecule has 0 aliphatic rings. The van der Waals surface area contributed by atoms with Crippen molar-refractivity contribution < 1.29 is 41.3 Å². The molecule has 0 bridgehead atoms. The van der Waals surface area contributed by atoms with Crippen LogP contribution >= 0.6 is 11.3 Å².